The monoisotopic (exact) mass is 242 g/mol. The van der Waals surface area contributed by atoms with Gasteiger partial charge in [0.2, 0.25) is 5.91 Å². The van der Waals surface area contributed by atoms with E-state index in [4.69, 9.17) is 4.74 Å². The van der Waals surface area contributed by atoms with E-state index in [-0.39, 0.29) is 5.91 Å². The van der Waals surface area contributed by atoms with E-state index in [0.717, 1.165) is 19.5 Å². The Hall–Kier alpha value is -0.610. The Balaban J connectivity index is 2.23. The molecule has 0 aromatic rings. The lowest BCUT2D eigenvalue weighted by Crippen LogP contribution is -2.41. The number of ether oxygens (including phenoxy) is 1. The lowest BCUT2D eigenvalue weighted by Gasteiger charge is -2.23. The molecule has 0 bridgehead atoms. The minimum atomic E-state index is 0.240. The van der Waals surface area contributed by atoms with Crippen molar-refractivity contribution in [3.05, 3.63) is 0 Å². The van der Waals surface area contributed by atoms with Crippen LogP contribution in [-0.4, -0.2) is 50.2 Å². The molecule has 0 saturated heterocycles. The first-order valence-electron chi connectivity index (χ1n) is 6.64. The molecule has 1 rings (SSSR count). The van der Waals surface area contributed by atoms with Gasteiger partial charge in [-0.05, 0) is 25.2 Å². The molecule has 0 aliphatic heterocycles. The van der Waals surface area contributed by atoms with Gasteiger partial charge < -0.3 is 15.0 Å². The van der Waals surface area contributed by atoms with Crippen molar-refractivity contribution in [1.29, 1.82) is 0 Å². The molecule has 0 spiro atoms. The Morgan fingerprint density at radius 3 is 2.71 bits per heavy atom. The molecule has 0 heterocycles. The summed E-state index contributed by atoms with van der Waals surface area (Å²) in [6.45, 7) is 7.15. The van der Waals surface area contributed by atoms with Gasteiger partial charge >= 0.3 is 0 Å². The Labute approximate surface area is 105 Å². The van der Waals surface area contributed by atoms with E-state index in [1.807, 2.05) is 0 Å². The summed E-state index contributed by atoms with van der Waals surface area (Å²) in [6, 6.07) is 0.519. The second-order valence-electron chi connectivity index (χ2n) is 5.17. The zero-order chi connectivity index (χ0) is 12.7. The highest BCUT2D eigenvalue weighted by molar-refractivity contribution is 5.78. The predicted molar refractivity (Wildman–Crippen MR) is 68.9 cm³/mol. The fraction of sp³-hybridized carbons (Fsp3) is 0.923. The molecule has 1 N–H and O–H groups in total. The molecule has 1 aliphatic rings. The van der Waals surface area contributed by atoms with Crippen molar-refractivity contribution < 1.29 is 9.53 Å². The highest BCUT2D eigenvalue weighted by atomic mass is 16.5. The van der Waals surface area contributed by atoms with Crippen molar-refractivity contribution in [2.75, 3.05) is 33.4 Å². The van der Waals surface area contributed by atoms with Crippen LogP contribution in [0.2, 0.25) is 0 Å². The third-order valence-electron chi connectivity index (χ3n) is 3.01. The number of carbonyl (C=O) groups is 1. The summed E-state index contributed by atoms with van der Waals surface area (Å²) in [5, 5.41) is 3.12. The largest absolute Gasteiger partial charge is 0.383 e. The fourth-order valence-electron chi connectivity index (χ4n) is 1.77. The summed E-state index contributed by atoms with van der Waals surface area (Å²) in [5.41, 5.74) is 0. The van der Waals surface area contributed by atoms with Gasteiger partial charge in [0.25, 0.3) is 0 Å². The van der Waals surface area contributed by atoms with Gasteiger partial charge in [-0.3, -0.25) is 4.79 Å². The second kappa shape index (κ2) is 7.67. The molecule has 1 saturated carbocycles. The zero-order valence-corrected chi connectivity index (χ0v) is 11.4. The maximum absolute atomic E-state index is 12.0. The van der Waals surface area contributed by atoms with Gasteiger partial charge in [-0.25, -0.2) is 0 Å². The molecule has 0 aromatic heterocycles. The quantitative estimate of drug-likeness (QED) is 0.619. The molecule has 1 fully saturated rings. The second-order valence-corrected chi connectivity index (χ2v) is 5.17. The van der Waals surface area contributed by atoms with E-state index in [2.05, 4.69) is 24.1 Å². The number of hydrogen-bond acceptors (Lipinski definition) is 3. The molecule has 17 heavy (non-hydrogen) atoms. The normalized spacial score (nSPS) is 15.3. The summed E-state index contributed by atoms with van der Waals surface area (Å²) in [6.07, 6.45) is 3.46. The third kappa shape index (κ3) is 6.03. The summed E-state index contributed by atoms with van der Waals surface area (Å²) in [5.74, 6) is 0.898. The van der Waals surface area contributed by atoms with Crippen molar-refractivity contribution in [3.8, 4) is 0 Å². The van der Waals surface area contributed by atoms with Crippen LogP contribution in [0.15, 0.2) is 0 Å². The van der Waals surface area contributed by atoms with Crippen LogP contribution in [0.1, 0.15) is 33.1 Å². The van der Waals surface area contributed by atoms with Gasteiger partial charge in [0.05, 0.1) is 13.2 Å². The van der Waals surface area contributed by atoms with Crippen molar-refractivity contribution in [3.63, 3.8) is 0 Å². The minimum absolute atomic E-state index is 0.240. The van der Waals surface area contributed by atoms with Gasteiger partial charge in [0.15, 0.2) is 0 Å². The molecule has 0 atom stereocenters. The lowest BCUT2D eigenvalue weighted by molar-refractivity contribution is -0.131. The topological polar surface area (TPSA) is 41.6 Å². The van der Waals surface area contributed by atoms with Gasteiger partial charge in [-0.15, -0.1) is 0 Å². The number of methoxy groups -OCH3 is 1. The maximum atomic E-state index is 12.0. The third-order valence-corrected chi connectivity index (χ3v) is 3.01. The molecule has 4 nitrogen and oxygen atoms in total. The number of hydrogen-bond donors (Lipinski definition) is 1. The van der Waals surface area contributed by atoms with E-state index < -0.39 is 0 Å². The molecule has 0 aromatic carbocycles. The van der Waals surface area contributed by atoms with Gasteiger partial charge in [0, 0.05) is 26.2 Å². The first-order chi connectivity index (χ1) is 8.15. The van der Waals surface area contributed by atoms with E-state index in [1.165, 1.54) is 12.8 Å². The SMILES string of the molecule is COCCNCC(=O)N(CCC(C)C)C1CC1. The number of nitrogens with zero attached hydrogens (tertiary/aromatic N) is 1. The average Bonchev–Trinajstić information content (AvgIpc) is 3.08. The minimum Gasteiger partial charge on any atom is -0.383 e. The smallest absolute Gasteiger partial charge is 0.236 e. The van der Waals surface area contributed by atoms with Crippen LogP contribution < -0.4 is 5.32 Å². The Bertz CT molecular complexity index is 227. The fourth-order valence-corrected chi connectivity index (χ4v) is 1.77. The summed E-state index contributed by atoms with van der Waals surface area (Å²) in [7, 11) is 1.67. The first kappa shape index (κ1) is 14.5. The van der Waals surface area contributed by atoms with Gasteiger partial charge in [0.1, 0.15) is 0 Å². The molecule has 1 amide bonds. The summed E-state index contributed by atoms with van der Waals surface area (Å²) >= 11 is 0. The maximum Gasteiger partial charge on any atom is 0.236 e. The molecule has 1 aliphatic carbocycles. The van der Waals surface area contributed by atoms with Crippen molar-refractivity contribution in [2.24, 2.45) is 5.92 Å². The molecule has 0 radical (unpaired) electrons. The van der Waals surface area contributed by atoms with Gasteiger partial charge in [-0.1, -0.05) is 13.8 Å². The number of carbonyl (C=O) groups excluding carboxylic acids is 1. The molecule has 100 valence electrons. The van der Waals surface area contributed by atoms with Crippen molar-refractivity contribution in [1.82, 2.24) is 10.2 Å². The molecule has 0 unspecified atom stereocenters. The molecular formula is C13H26N2O2. The van der Waals surface area contributed by atoms with E-state index >= 15 is 0 Å². The number of nitrogens with one attached hydrogen (secondary N) is 1. The molecular weight excluding hydrogens is 216 g/mol. The standard InChI is InChI=1S/C13H26N2O2/c1-11(2)6-8-15(12-4-5-12)13(16)10-14-7-9-17-3/h11-12,14H,4-10H2,1-3H3. The van der Waals surface area contributed by atoms with E-state index in [1.54, 1.807) is 7.11 Å². The first-order valence-corrected chi connectivity index (χ1v) is 6.64. The highest BCUT2D eigenvalue weighted by Gasteiger charge is 2.31. The van der Waals surface area contributed by atoms with Crippen LogP contribution >= 0.6 is 0 Å². The zero-order valence-electron chi connectivity index (χ0n) is 11.4. The Kier molecular flexibility index (Phi) is 6.52. The van der Waals surface area contributed by atoms with Crippen LogP contribution in [0.3, 0.4) is 0 Å². The van der Waals surface area contributed by atoms with Crippen LogP contribution in [0.4, 0.5) is 0 Å². The van der Waals surface area contributed by atoms with Crippen LogP contribution in [0.5, 0.6) is 0 Å². The molecule has 4 heteroatoms. The lowest BCUT2D eigenvalue weighted by atomic mass is 10.1. The predicted octanol–water partition coefficient (Wildman–Crippen LogP) is 1.26. The van der Waals surface area contributed by atoms with Crippen LogP contribution in [0.25, 0.3) is 0 Å². The van der Waals surface area contributed by atoms with Crippen LogP contribution in [0, 0.1) is 5.92 Å². The summed E-state index contributed by atoms with van der Waals surface area (Å²) < 4.78 is 4.94. The average molecular weight is 242 g/mol. The van der Waals surface area contributed by atoms with Gasteiger partial charge in [-0.2, -0.15) is 0 Å². The van der Waals surface area contributed by atoms with E-state index in [0.29, 0.717) is 25.1 Å². The van der Waals surface area contributed by atoms with Crippen molar-refractivity contribution >= 4 is 5.91 Å². The Morgan fingerprint density at radius 2 is 2.18 bits per heavy atom. The number of rotatable bonds is 9. The highest BCUT2D eigenvalue weighted by Crippen LogP contribution is 2.27. The Morgan fingerprint density at radius 1 is 1.47 bits per heavy atom. The van der Waals surface area contributed by atoms with E-state index in [9.17, 15) is 4.79 Å². The number of amides is 1. The summed E-state index contributed by atoms with van der Waals surface area (Å²) in [4.78, 5) is 14.1. The van der Waals surface area contributed by atoms with Crippen molar-refractivity contribution in [2.45, 2.75) is 39.2 Å². The van der Waals surface area contributed by atoms with Crippen LogP contribution in [-0.2, 0) is 9.53 Å².